The van der Waals surface area contributed by atoms with Crippen LogP contribution in [0.3, 0.4) is 0 Å². The number of benzene rings is 1. The Balaban J connectivity index is 1.72. The third kappa shape index (κ3) is 4.44. The van der Waals surface area contributed by atoms with Gasteiger partial charge in [-0.15, -0.1) is 11.8 Å². The highest BCUT2D eigenvalue weighted by molar-refractivity contribution is 7.99. The van der Waals surface area contributed by atoms with E-state index in [-0.39, 0.29) is 6.23 Å². The Bertz CT molecular complexity index is 784. The number of hydrogen-bond acceptors (Lipinski definition) is 6. The van der Waals surface area contributed by atoms with E-state index in [9.17, 15) is 5.11 Å². The molecule has 2 unspecified atom stereocenters. The van der Waals surface area contributed by atoms with Crippen LogP contribution in [0.4, 0.5) is 0 Å². The summed E-state index contributed by atoms with van der Waals surface area (Å²) < 4.78 is 0. The quantitative estimate of drug-likeness (QED) is 0.758. The summed E-state index contributed by atoms with van der Waals surface area (Å²) in [6.07, 6.45) is 4.48. The lowest BCUT2D eigenvalue weighted by Gasteiger charge is -2.17. The maximum atomic E-state index is 10.2. The molecule has 1 aromatic carbocycles. The highest BCUT2D eigenvalue weighted by Gasteiger charge is 2.23. The molecule has 26 heavy (non-hydrogen) atoms. The molecule has 5 nitrogen and oxygen atoms in total. The van der Waals surface area contributed by atoms with Crippen LogP contribution in [0.2, 0.25) is 0 Å². The van der Waals surface area contributed by atoms with Gasteiger partial charge < -0.3 is 9.94 Å². The van der Waals surface area contributed by atoms with Gasteiger partial charge in [0.2, 0.25) is 0 Å². The maximum Gasteiger partial charge on any atom is 0.185 e. The Kier molecular flexibility index (Phi) is 5.65. The zero-order valence-electron chi connectivity index (χ0n) is 15.6. The molecule has 1 aliphatic heterocycles. The Morgan fingerprint density at radius 3 is 2.54 bits per heavy atom. The number of aromatic nitrogens is 1. The molecule has 0 fully saturated rings. The van der Waals surface area contributed by atoms with Crippen molar-refractivity contribution in [1.29, 1.82) is 0 Å². The van der Waals surface area contributed by atoms with Crippen molar-refractivity contribution in [2.75, 3.05) is 6.26 Å². The summed E-state index contributed by atoms with van der Waals surface area (Å²) >= 11 is 1.75. The van der Waals surface area contributed by atoms with Crippen molar-refractivity contribution >= 4 is 17.5 Å². The van der Waals surface area contributed by atoms with Crippen molar-refractivity contribution < 1.29 is 9.94 Å². The zero-order valence-corrected chi connectivity index (χ0v) is 16.4. The molecule has 1 aliphatic rings. The fourth-order valence-electron chi connectivity index (χ4n) is 2.77. The molecule has 0 saturated heterocycles. The second kappa shape index (κ2) is 7.78. The van der Waals surface area contributed by atoms with Crippen LogP contribution in [0, 0.1) is 0 Å². The Labute approximate surface area is 158 Å². The third-order valence-corrected chi connectivity index (χ3v) is 5.22. The lowest BCUT2D eigenvalue weighted by atomic mass is 9.98. The predicted octanol–water partition coefficient (Wildman–Crippen LogP) is 3.73. The molecule has 0 radical (unpaired) electrons. The summed E-state index contributed by atoms with van der Waals surface area (Å²) in [6, 6.07) is 12.1. The van der Waals surface area contributed by atoms with Gasteiger partial charge in [0.15, 0.2) is 6.23 Å². The lowest BCUT2D eigenvalue weighted by molar-refractivity contribution is 0.0591. The van der Waals surface area contributed by atoms with Crippen LogP contribution in [0.1, 0.15) is 38.4 Å². The SMILES string of the molecule is CSC(C)NC1CC(c2ccc(-c3ccnc(C(C)(C)O)c3)cc2)=NO1. The van der Waals surface area contributed by atoms with E-state index in [1.54, 1.807) is 31.8 Å². The van der Waals surface area contributed by atoms with E-state index in [0.717, 1.165) is 28.8 Å². The first kappa shape index (κ1) is 18.9. The average Bonchev–Trinajstić information content (AvgIpc) is 3.09. The fourth-order valence-corrected chi connectivity index (χ4v) is 3.05. The zero-order chi connectivity index (χ0) is 18.7. The number of rotatable bonds is 6. The first-order valence-corrected chi connectivity index (χ1v) is 9.97. The number of nitrogens with one attached hydrogen (secondary N) is 1. The van der Waals surface area contributed by atoms with Crippen LogP contribution >= 0.6 is 11.8 Å². The molecule has 3 rings (SSSR count). The van der Waals surface area contributed by atoms with E-state index in [1.165, 1.54) is 0 Å². The molecule has 2 N–H and O–H groups in total. The smallest absolute Gasteiger partial charge is 0.185 e. The summed E-state index contributed by atoms with van der Waals surface area (Å²) in [5, 5.41) is 18.1. The van der Waals surface area contributed by atoms with Crippen molar-refractivity contribution in [2.24, 2.45) is 5.16 Å². The van der Waals surface area contributed by atoms with Gasteiger partial charge in [-0.2, -0.15) is 0 Å². The molecule has 138 valence electrons. The summed E-state index contributed by atoms with van der Waals surface area (Å²) in [7, 11) is 0. The van der Waals surface area contributed by atoms with E-state index < -0.39 is 5.60 Å². The molecule has 0 spiro atoms. The second-order valence-electron chi connectivity index (χ2n) is 6.95. The first-order valence-electron chi connectivity index (χ1n) is 8.68. The molecular weight excluding hydrogens is 346 g/mol. The molecule has 0 amide bonds. The number of thioether (sulfide) groups is 1. The first-order chi connectivity index (χ1) is 12.4. The van der Waals surface area contributed by atoms with Crippen LogP contribution in [0.5, 0.6) is 0 Å². The van der Waals surface area contributed by atoms with Gasteiger partial charge in [-0.05, 0) is 55.9 Å². The second-order valence-corrected chi connectivity index (χ2v) is 8.13. The average molecular weight is 372 g/mol. The van der Waals surface area contributed by atoms with Gasteiger partial charge in [0, 0.05) is 12.6 Å². The molecular formula is C20H25N3O2S. The summed E-state index contributed by atoms with van der Waals surface area (Å²) in [4.78, 5) is 9.75. The van der Waals surface area contributed by atoms with E-state index >= 15 is 0 Å². The standard InChI is InChI=1S/C20H25N3O2S/c1-13(26-4)22-19-12-17(23-25-19)15-7-5-14(6-8-15)16-9-10-21-18(11-16)20(2,3)24/h5-11,13,19,22,24H,12H2,1-4H3. The van der Waals surface area contributed by atoms with Gasteiger partial charge in [-0.1, -0.05) is 29.4 Å². The summed E-state index contributed by atoms with van der Waals surface area (Å²) in [5.74, 6) is 0. The van der Waals surface area contributed by atoms with Gasteiger partial charge in [0.05, 0.1) is 16.8 Å². The van der Waals surface area contributed by atoms with Gasteiger partial charge in [0.25, 0.3) is 0 Å². The van der Waals surface area contributed by atoms with Crippen LogP contribution in [-0.4, -0.2) is 33.7 Å². The van der Waals surface area contributed by atoms with Crippen molar-refractivity contribution in [2.45, 2.75) is 44.4 Å². The van der Waals surface area contributed by atoms with Gasteiger partial charge in [-0.25, -0.2) is 0 Å². The van der Waals surface area contributed by atoms with E-state index in [2.05, 4.69) is 52.9 Å². The third-order valence-electron chi connectivity index (χ3n) is 4.38. The number of hydrogen-bond donors (Lipinski definition) is 2. The molecule has 0 saturated carbocycles. The van der Waals surface area contributed by atoms with Crippen LogP contribution in [0.15, 0.2) is 47.8 Å². The molecule has 0 bridgehead atoms. The predicted molar refractivity (Wildman–Crippen MR) is 107 cm³/mol. The lowest BCUT2D eigenvalue weighted by Crippen LogP contribution is -2.34. The van der Waals surface area contributed by atoms with E-state index in [0.29, 0.717) is 11.1 Å². The Morgan fingerprint density at radius 1 is 1.19 bits per heavy atom. The summed E-state index contributed by atoms with van der Waals surface area (Å²) in [5.41, 5.74) is 3.82. The van der Waals surface area contributed by atoms with Crippen LogP contribution < -0.4 is 5.32 Å². The summed E-state index contributed by atoms with van der Waals surface area (Å²) in [6.45, 7) is 5.59. The van der Waals surface area contributed by atoms with E-state index in [4.69, 9.17) is 4.84 Å². The highest BCUT2D eigenvalue weighted by atomic mass is 32.2. The number of nitrogens with zero attached hydrogens (tertiary/aromatic N) is 2. The highest BCUT2D eigenvalue weighted by Crippen LogP contribution is 2.26. The maximum absolute atomic E-state index is 10.2. The Hall–Kier alpha value is -1.89. The van der Waals surface area contributed by atoms with Crippen molar-refractivity contribution in [1.82, 2.24) is 10.3 Å². The van der Waals surface area contributed by atoms with Gasteiger partial charge in [0.1, 0.15) is 5.60 Å². The number of aliphatic hydroxyl groups is 1. The number of pyridine rings is 1. The topological polar surface area (TPSA) is 66.7 Å². The van der Waals surface area contributed by atoms with Gasteiger partial charge in [-0.3, -0.25) is 10.3 Å². The molecule has 2 heterocycles. The van der Waals surface area contributed by atoms with Gasteiger partial charge >= 0.3 is 0 Å². The minimum atomic E-state index is -0.957. The molecule has 0 aliphatic carbocycles. The van der Waals surface area contributed by atoms with Crippen molar-refractivity contribution in [3.05, 3.63) is 53.9 Å². The van der Waals surface area contributed by atoms with E-state index in [1.807, 2.05) is 12.1 Å². The van der Waals surface area contributed by atoms with Crippen LogP contribution in [-0.2, 0) is 10.4 Å². The van der Waals surface area contributed by atoms with Crippen molar-refractivity contribution in [3.8, 4) is 11.1 Å². The molecule has 1 aromatic heterocycles. The monoisotopic (exact) mass is 371 g/mol. The van der Waals surface area contributed by atoms with Crippen molar-refractivity contribution in [3.63, 3.8) is 0 Å². The molecule has 2 atom stereocenters. The largest absolute Gasteiger partial charge is 0.384 e. The minimum Gasteiger partial charge on any atom is -0.384 e. The normalized spacial score (nSPS) is 18.3. The molecule has 2 aromatic rings. The van der Waals surface area contributed by atoms with Crippen LogP contribution in [0.25, 0.3) is 11.1 Å². The fraction of sp³-hybridized carbons (Fsp3) is 0.400. The number of oxime groups is 1. The molecule has 6 heteroatoms. The minimum absolute atomic E-state index is 0.0679. The Morgan fingerprint density at radius 2 is 1.88 bits per heavy atom.